The van der Waals surface area contributed by atoms with Gasteiger partial charge in [-0.3, -0.25) is 4.79 Å². The molecule has 0 atom stereocenters. The van der Waals surface area contributed by atoms with Crippen LogP contribution >= 0.6 is 11.8 Å². The Hall–Kier alpha value is -2.25. The number of carbonyl (C=O) groups is 1. The van der Waals surface area contributed by atoms with Crippen LogP contribution in [0.2, 0.25) is 0 Å². The Morgan fingerprint density at radius 1 is 1.25 bits per heavy atom. The molecule has 0 unspecified atom stereocenters. The van der Waals surface area contributed by atoms with E-state index in [1.807, 2.05) is 36.6 Å². The predicted molar refractivity (Wildman–Crippen MR) is 82.8 cm³/mol. The van der Waals surface area contributed by atoms with Crippen molar-refractivity contribution in [3.05, 3.63) is 65.2 Å². The van der Waals surface area contributed by atoms with Crippen LogP contribution in [0.5, 0.6) is 0 Å². The second-order valence-electron chi connectivity index (χ2n) is 4.28. The lowest BCUT2D eigenvalue weighted by atomic mass is 10.1. The molecule has 0 aromatic heterocycles. The molecule has 0 aliphatic carbocycles. The van der Waals surface area contributed by atoms with Gasteiger partial charge in [0, 0.05) is 17.0 Å². The first kappa shape index (κ1) is 14.2. The van der Waals surface area contributed by atoms with Crippen molar-refractivity contribution in [2.75, 3.05) is 11.6 Å². The smallest absolute Gasteiger partial charge is 0.255 e. The van der Waals surface area contributed by atoms with Gasteiger partial charge in [-0.1, -0.05) is 18.2 Å². The van der Waals surface area contributed by atoms with Crippen molar-refractivity contribution in [3.8, 4) is 6.07 Å². The van der Waals surface area contributed by atoms with Crippen LogP contribution in [0.25, 0.3) is 0 Å². The van der Waals surface area contributed by atoms with Crippen LogP contribution in [0.1, 0.15) is 21.5 Å². The first-order valence-corrected chi connectivity index (χ1v) is 7.51. The molecule has 0 saturated carbocycles. The van der Waals surface area contributed by atoms with Gasteiger partial charge in [-0.2, -0.15) is 17.0 Å². The maximum Gasteiger partial charge on any atom is 0.255 e. The van der Waals surface area contributed by atoms with Crippen molar-refractivity contribution in [2.45, 2.75) is 5.75 Å². The molecule has 0 heterocycles. The lowest BCUT2D eigenvalue weighted by molar-refractivity contribution is 0.102. The number of carbonyl (C=O) groups excluding carboxylic acids is 1. The van der Waals surface area contributed by atoms with Crippen LogP contribution in [0.3, 0.4) is 0 Å². The molecule has 0 fully saturated rings. The first-order chi connectivity index (χ1) is 9.72. The average molecular weight is 282 g/mol. The van der Waals surface area contributed by atoms with Crippen molar-refractivity contribution in [3.63, 3.8) is 0 Å². The molecule has 2 aromatic rings. The third-order valence-electron chi connectivity index (χ3n) is 2.78. The zero-order chi connectivity index (χ0) is 14.4. The molecule has 2 aromatic carbocycles. The Morgan fingerprint density at radius 3 is 2.65 bits per heavy atom. The molecule has 0 saturated heterocycles. The van der Waals surface area contributed by atoms with Crippen molar-refractivity contribution in [2.24, 2.45) is 0 Å². The summed E-state index contributed by atoms with van der Waals surface area (Å²) in [5.41, 5.74) is 2.96. The minimum absolute atomic E-state index is 0.171. The molecule has 0 bridgehead atoms. The normalized spacial score (nSPS) is 9.80. The molecule has 4 heteroatoms. The van der Waals surface area contributed by atoms with E-state index in [1.165, 1.54) is 5.56 Å². The Kier molecular flexibility index (Phi) is 4.80. The molecule has 3 nitrogen and oxygen atoms in total. The van der Waals surface area contributed by atoms with Gasteiger partial charge in [-0.05, 0) is 42.2 Å². The number of hydrogen-bond acceptors (Lipinski definition) is 3. The van der Waals surface area contributed by atoms with E-state index in [1.54, 1.807) is 36.0 Å². The highest BCUT2D eigenvalue weighted by Gasteiger charge is 2.06. The Morgan fingerprint density at radius 2 is 2.00 bits per heavy atom. The van der Waals surface area contributed by atoms with E-state index in [0.29, 0.717) is 16.8 Å². The van der Waals surface area contributed by atoms with E-state index in [0.717, 1.165) is 5.75 Å². The fraction of sp³-hybridized carbons (Fsp3) is 0.125. The summed E-state index contributed by atoms with van der Waals surface area (Å²) in [4.78, 5) is 12.1. The van der Waals surface area contributed by atoms with Crippen molar-refractivity contribution >= 4 is 23.4 Å². The highest BCUT2D eigenvalue weighted by molar-refractivity contribution is 7.97. The van der Waals surface area contributed by atoms with Gasteiger partial charge >= 0.3 is 0 Å². The third-order valence-corrected chi connectivity index (χ3v) is 3.40. The van der Waals surface area contributed by atoms with Gasteiger partial charge < -0.3 is 5.32 Å². The zero-order valence-electron chi connectivity index (χ0n) is 11.1. The van der Waals surface area contributed by atoms with Crippen LogP contribution in [0.4, 0.5) is 5.69 Å². The quantitative estimate of drug-likeness (QED) is 0.930. The van der Waals surface area contributed by atoms with E-state index in [9.17, 15) is 4.79 Å². The van der Waals surface area contributed by atoms with Crippen molar-refractivity contribution in [1.29, 1.82) is 5.26 Å². The van der Waals surface area contributed by atoms with Gasteiger partial charge in [0.05, 0.1) is 11.6 Å². The monoisotopic (exact) mass is 282 g/mol. The second kappa shape index (κ2) is 6.78. The molecule has 0 aliphatic heterocycles. The third kappa shape index (κ3) is 3.62. The van der Waals surface area contributed by atoms with Gasteiger partial charge in [-0.15, -0.1) is 0 Å². The fourth-order valence-electron chi connectivity index (χ4n) is 1.79. The molecular weight excluding hydrogens is 268 g/mol. The molecule has 2 rings (SSSR count). The van der Waals surface area contributed by atoms with Crippen LogP contribution in [-0.4, -0.2) is 12.2 Å². The number of benzene rings is 2. The number of thioether (sulfide) groups is 1. The van der Waals surface area contributed by atoms with Crippen LogP contribution in [-0.2, 0) is 5.75 Å². The van der Waals surface area contributed by atoms with Crippen molar-refractivity contribution < 1.29 is 4.79 Å². The number of nitriles is 1. The lowest BCUT2D eigenvalue weighted by Crippen LogP contribution is -2.11. The number of anilines is 1. The highest BCUT2D eigenvalue weighted by Crippen LogP contribution is 2.14. The minimum Gasteiger partial charge on any atom is -0.322 e. The molecule has 100 valence electrons. The lowest BCUT2D eigenvalue weighted by Gasteiger charge is -2.06. The van der Waals surface area contributed by atoms with Gasteiger partial charge in [0.15, 0.2) is 0 Å². The van der Waals surface area contributed by atoms with Crippen LogP contribution in [0, 0.1) is 11.3 Å². The largest absolute Gasteiger partial charge is 0.322 e. The average Bonchev–Trinajstić information content (AvgIpc) is 2.48. The zero-order valence-corrected chi connectivity index (χ0v) is 11.9. The summed E-state index contributed by atoms with van der Waals surface area (Å²) in [5, 5.41) is 11.6. The second-order valence-corrected chi connectivity index (χ2v) is 5.14. The summed E-state index contributed by atoms with van der Waals surface area (Å²) in [6.07, 6.45) is 2.04. The SMILES string of the molecule is CSCc1ccc(C(=O)Nc2cccc(C#N)c2)cc1. The maximum atomic E-state index is 12.1. The van der Waals surface area contributed by atoms with Gasteiger partial charge in [0.1, 0.15) is 0 Å². The Bertz CT molecular complexity index is 644. The molecular formula is C16H14N2OS. The van der Waals surface area contributed by atoms with Crippen LogP contribution in [0.15, 0.2) is 48.5 Å². The summed E-state index contributed by atoms with van der Waals surface area (Å²) in [6, 6.07) is 16.5. The maximum absolute atomic E-state index is 12.1. The van der Waals surface area contributed by atoms with Gasteiger partial charge in [-0.25, -0.2) is 0 Å². The number of nitrogens with zero attached hydrogens (tertiary/aromatic N) is 1. The molecule has 0 spiro atoms. The van der Waals surface area contributed by atoms with Crippen LogP contribution < -0.4 is 5.32 Å². The van der Waals surface area contributed by atoms with E-state index in [4.69, 9.17) is 5.26 Å². The topological polar surface area (TPSA) is 52.9 Å². The van der Waals surface area contributed by atoms with Gasteiger partial charge in [0.2, 0.25) is 0 Å². The van der Waals surface area contributed by atoms with E-state index in [2.05, 4.69) is 5.32 Å². The number of nitrogens with one attached hydrogen (secondary N) is 1. The summed E-state index contributed by atoms with van der Waals surface area (Å²) in [6.45, 7) is 0. The summed E-state index contributed by atoms with van der Waals surface area (Å²) < 4.78 is 0. The van der Waals surface area contributed by atoms with Gasteiger partial charge in [0.25, 0.3) is 5.91 Å². The summed E-state index contributed by atoms with van der Waals surface area (Å²) >= 11 is 1.74. The van der Waals surface area contributed by atoms with E-state index < -0.39 is 0 Å². The van der Waals surface area contributed by atoms with Crippen molar-refractivity contribution in [1.82, 2.24) is 0 Å². The molecule has 20 heavy (non-hydrogen) atoms. The first-order valence-electron chi connectivity index (χ1n) is 6.12. The molecule has 0 aliphatic rings. The number of rotatable bonds is 4. The molecule has 1 N–H and O–H groups in total. The van der Waals surface area contributed by atoms with E-state index in [-0.39, 0.29) is 5.91 Å². The predicted octanol–water partition coefficient (Wildman–Crippen LogP) is 3.67. The highest BCUT2D eigenvalue weighted by atomic mass is 32.2. The van der Waals surface area contributed by atoms with E-state index >= 15 is 0 Å². The standard InChI is InChI=1S/C16H14N2OS/c1-20-11-12-5-7-14(8-6-12)16(19)18-15-4-2-3-13(9-15)10-17/h2-9H,11H2,1H3,(H,18,19). The fourth-order valence-corrected chi connectivity index (χ4v) is 2.31. The molecule has 1 amide bonds. The Labute approximate surface area is 122 Å². The minimum atomic E-state index is -0.171. The Balaban J connectivity index is 2.09. The molecule has 0 radical (unpaired) electrons. The summed E-state index contributed by atoms with van der Waals surface area (Å²) in [5.74, 6) is 0.766. The number of amides is 1. The summed E-state index contributed by atoms with van der Waals surface area (Å²) in [7, 11) is 0. The number of hydrogen-bond donors (Lipinski definition) is 1.